The Hall–Kier alpha value is -1.17. The number of oxazole rings is 1. The van der Waals surface area contributed by atoms with Crippen LogP contribution in [0, 0.1) is 6.92 Å². The summed E-state index contributed by atoms with van der Waals surface area (Å²) >= 11 is 0. The Labute approximate surface area is 133 Å². The minimum Gasteiger partial charge on any atom is -0.441 e. The lowest BCUT2D eigenvalue weighted by atomic mass is 10.1. The van der Waals surface area contributed by atoms with Gasteiger partial charge in [0.1, 0.15) is 5.52 Å². The van der Waals surface area contributed by atoms with E-state index in [-0.39, 0.29) is 17.7 Å². The quantitative estimate of drug-likeness (QED) is 0.819. The van der Waals surface area contributed by atoms with Crippen molar-refractivity contribution in [2.45, 2.75) is 58.4 Å². The van der Waals surface area contributed by atoms with Crippen molar-refractivity contribution < 1.29 is 13.9 Å². The van der Waals surface area contributed by atoms with Gasteiger partial charge in [-0.15, -0.1) is 0 Å². The van der Waals surface area contributed by atoms with Crippen LogP contribution >= 0.6 is 0 Å². The molecule has 0 radical (unpaired) electrons. The summed E-state index contributed by atoms with van der Waals surface area (Å²) in [6, 6.07) is 5.96. The Morgan fingerprint density at radius 2 is 2.00 bits per heavy atom. The van der Waals surface area contributed by atoms with Gasteiger partial charge < -0.3 is 13.9 Å². The Bertz CT molecular complexity index is 643. The van der Waals surface area contributed by atoms with Crippen LogP contribution in [0.15, 0.2) is 22.6 Å². The summed E-state index contributed by atoms with van der Waals surface area (Å²) in [6.07, 6.45) is 0.488. The Morgan fingerprint density at radius 3 is 2.59 bits per heavy atom. The molecule has 0 bridgehead atoms. The first-order chi connectivity index (χ1) is 10.1. The second kappa shape index (κ2) is 6.14. The Morgan fingerprint density at radius 1 is 1.32 bits per heavy atom. The van der Waals surface area contributed by atoms with E-state index < -0.39 is 8.32 Å². The van der Waals surface area contributed by atoms with Crippen LogP contribution in [0.25, 0.3) is 11.1 Å². The lowest BCUT2D eigenvalue weighted by Gasteiger charge is -2.39. The van der Waals surface area contributed by atoms with Gasteiger partial charge in [-0.1, -0.05) is 26.8 Å². The molecule has 22 heavy (non-hydrogen) atoms. The molecule has 1 aromatic carbocycles. The van der Waals surface area contributed by atoms with E-state index in [4.69, 9.17) is 8.84 Å². The maximum absolute atomic E-state index is 9.42. The minimum atomic E-state index is -1.91. The number of benzene rings is 1. The molecule has 0 unspecified atom stereocenters. The van der Waals surface area contributed by atoms with Gasteiger partial charge in [-0.3, -0.25) is 0 Å². The van der Waals surface area contributed by atoms with Crippen LogP contribution in [0.2, 0.25) is 18.1 Å². The van der Waals surface area contributed by atoms with Crippen LogP contribution in [-0.4, -0.2) is 25.0 Å². The fourth-order valence-electron chi connectivity index (χ4n) is 2.20. The molecular formula is C17H27NO3Si. The van der Waals surface area contributed by atoms with Crippen LogP contribution in [0.5, 0.6) is 0 Å². The van der Waals surface area contributed by atoms with Crippen molar-refractivity contribution in [1.29, 1.82) is 0 Å². The lowest BCUT2D eigenvalue weighted by Crippen LogP contribution is -2.42. The number of rotatable bonds is 5. The van der Waals surface area contributed by atoms with Crippen molar-refractivity contribution in [3.63, 3.8) is 0 Å². The monoisotopic (exact) mass is 321 g/mol. The topological polar surface area (TPSA) is 55.5 Å². The number of fused-ring (bicyclic) bond motifs is 1. The van der Waals surface area contributed by atoms with E-state index >= 15 is 0 Å². The van der Waals surface area contributed by atoms with Gasteiger partial charge in [0.15, 0.2) is 19.8 Å². The van der Waals surface area contributed by atoms with E-state index in [2.05, 4.69) is 38.8 Å². The van der Waals surface area contributed by atoms with Crippen molar-refractivity contribution in [2.75, 3.05) is 6.61 Å². The predicted octanol–water partition coefficient (Wildman–Crippen LogP) is 4.58. The van der Waals surface area contributed by atoms with Crippen LogP contribution in [0.1, 0.15) is 44.8 Å². The number of aromatic nitrogens is 1. The molecule has 5 heteroatoms. The second-order valence-corrected chi connectivity index (χ2v) is 12.1. The van der Waals surface area contributed by atoms with Crippen molar-refractivity contribution in [3.05, 3.63) is 29.7 Å². The van der Waals surface area contributed by atoms with Gasteiger partial charge in [-0.2, -0.15) is 0 Å². The number of hydrogen-bond donors (Lipinski definition) is 1. The maximum atomic E-state index is 9.42. The molecule has 1 N–H and O–H groups in total. The highest BCUT2D eigenvalue weighted by atomic mass is 28.4. The predicted molar refractivity (Wildman–Crippen MR) is 91.5 cm³/mol. The SMILES string of the molecule is Cc1nc2cc([C@H](CCO)O[Si](C)(C)C(C)(C)C)ccc2o1. The highest BCUT2D eigenvalue weighted by molar-refractivity contribution is 6.74. The molecule has 0 saturated carbocycles. The highest BCUT2D eigenvalue weighted by Gasteiger charge is 2.39. The normalized spacial score (nSPS) is 14.5. The largest absolute Gasteiger partial charge is 0.441 e. The van der Waals surface area contributed by atoms with E-state index in [0.717, 1.165) is 16.7 Å². The third-order valence-corrected chi connectivity index (χ3v) is 9.01. The molecule has 0 amide bonds. The first kappa shape index (κ1) is 17.2. The summed E-state index contributed by atoms with van der Waals surface area (Å²) < 4.78 is 12.0. The van der Waals surface area contributed by atoms with E-state index in [1.54, 1.807) is 0 Å². The summed E-state index contributed by atoms with van der Waals surface area (Å²) in [4.78, 5) is 4.39. The molecule has 0 aliphatic carbocycles. The minimum absolute atomic E-state index is 0.104. The standard InChI is InChI=1S/C17H27NO3Si/c1-12-18-14-11-13(7-8-16(14)20-12)15(9-10-19)21-22(5,6)17(2,3)4/h7-8,11,15,19H,9-10H2,1-6H3/t15-/m0/s1. The molecule has 122 valence electrons. The number of nitrogens with zero attached hydrogens (tertiary/aromatic N) is 1. The van der Waals surface area contributed by atoms with Gasteiger partial charge >= 0.3 is 0 Å². The second-order valence-electron chi connectivity index (χ2n) is 7.34. The Kier molecular flexibility index (Phi) is 4.80. The van der Waals surface area contributed by atoms with E-state index in [1.165, 1.54) is 0 Å². The molecule has 1 atom stereocenters. The molecule has 0 saturated heterocycles. The molecule has 1 aromatic heterocycles. The summed E-state index contributed by atoms with van der Waals surface area (Å²) in [5.74, 6) is 0.663. The van der Waals surface area contributed by atoms with E-state index in [1.807, 2.05) is 25.1 Å². The fourth-order valence-corrected chi connectivity index (χ4v) is 3.52. The zero-order chi connectivity index (χ0) is 16.5. The zero-order valence-electron chi connectivity index (χ0n) is 14.4. The lowest BCUT2D eigenvalue weighted by molar-refractivity contribution is 0.141. The molecule has 2 rings (SSSR count). The fraction of sp³-hybridized carbons (Fsp3) is 0.588. The smallest absolute Gasteiger partial charge is 0.192 e. The van der Waals surface area contributed by atoms with Gasteiger partial charge in [0.25, 0.3) is 0 Å². The highest BCUT2D eigenvalue weighted by Crippen LogP contribution is 2.40. The van der Waals surface area contributed by atoms with Crippen LogP contribution in [-0.2, 0) is 4.43 Å². The summed E-state index contributed by atoms with van der Waals surface area (Å²) in [5.41, 5.74) is 2.69. The average molecular weight is 321 g/mol. The molecule has 0 aliphatic heterocycles. The van der Waals surface area contributed by atoms with Crippen molar-refractivity contribution in [1.82, 2.24) is 4.98 Å². The Balaban J connectivity index is 2.33. The van der Waals surface area contributed by atoms with Crippen molar-refractivity contribution in [2.24, 2.45) is 0 Å². The van der Waals surface area contributed by atoms with Crippen LogP contribution < -0.4 is 0 Å². The van der Waals surface area contributed by atoms with Gasteiger partial charge in [-0.05, 0) is 42.2 Å². The average Bonchev–Trinajstić information content (AvgIpc) is 2.75. The number of hydrogen-bond acceptors (Lipinski definition) is 4. The zero-order valence-corrected chi connectivity index (χ0v) is 15.4. The van der Waals surface area contributed by atoms with E-state index in [9.17, 15) is 5.11 Å². The molecule has 0 spiro atoms. The molecule has 2 aromatic rings. The maximum Gasteiger partial charge on any atom is 0.192 e. The summed E-state index contributed by atoms with van der Waals surface area (Å²) in [6.45, 7) is 13.1. The van der Waals surface area contributed by atoms with Gasteiger partial charge in [-0.25, -0.2) is 4.98 Å². The van der Waals surface area contributed by atoms with Crippen LogP contribution in [0.4, 0.5) is 0 Å². The van der Waals surface area contributed by atoms with Gasteiger partial charge in [0, 0.05) is 13.5 Å². The summed E-state index contributed by atoms with van der Waals surface area (Å²) in [5, 5.41) is 9.55. The molecular weight excluding hydrogens is 294 g/mol. The first-order valence-corrected chi connectivity index (χ1v) is 10.7. The van der Waals surface area contributed by atoms with E-state index in [0.29, 0.717) is 12.3 Å². The van der Waals surface area contributed by atoms with Gasteiger partial charge in [0.05, 0.1) is 6.10 Å². The molecule has 1 heterocycles. The number of aliphatic hydroxyl groups excluding tert-OH is 1. The third-order valence-electron chi connectivity index (χ3n) is 4.52. The first-order valence-electron chi connectivity index (χ1n) is 7.80. The summed E-state index contributed by atoms with van der Waals surface area (Å²) in [7, 11) is -1.91. The van der Waals surface area contributed by atoms with Gasteiger partial charge in [0.2, 0.25) is 0 Å². The van der Waals surface area contributed by atoms with Crippen LogP contribution in [0.3, 0.4) is 0 Å². The molecule has 4 nitrogen and oxygen atoms in total. The molecule has 0 fully saturated rings. The van der Waals surface area contributed by atoms with Crippen molar-refractivity contribution in [3.8, 4) is 0 Å². The number of aliphatic hydroxyl groups is 1. The molecule has 0 aliphatic rings. The number of aryl methyl sites for hydroxylation is 1. The van der Waals surface area contributed by atoms with Crippen molar-refractivity contribution >= 4 is 19.4 Å². The third kappa shape index (κ3) is 3.59.